The number of pyridine rings is 1. The zero-order valence-corrected chi connectivity index (χ0v) is 12.5. The van der Waals surface area contributed by atoms with E-state index in [1.807, 2.05) is 12.1 Å². The number of halogens is 2. The third-order valence-electron chi connectivity index (χ3n) is 2.56. The highest BCUT2D eigenvalue weighted by atomic mass is 35.5. The fourth-order valence-electron chi connectivity index (χ4n) is 1.52. The number of hydrogen-bond donors (Lipinski definition) is 2. The van der Waals surface area contributed by atoms with E-state index in [1.54, 1.807) is 30.6 Å². The molecule has 21 heavy (non-hydrogen) atoms. The summed E-state index contributed by atoms with van der Waals surface area (Å²) < 4.78 is 5.34. The molecule has 0 unspecified atom stereocenters. The maximum atomic E-state index is 11.6. The predicted molar refractivity (Wildman–Crippen MR) is 81.6 cm³/mol. The molecule has 5 nitrogen and oxygen atoms in total. The standard InChI is InChI=1S/C14H13Cl2N3O2/c15-11-1-2-13(12(16)7-11)21-9-19-14(20)18-8-10-3-5-17-6-4-10/h1-7H,8-9H2,(H2,18,19,20). The fraction of sp³-hybridized carbons (Fsp3) is 0.143. The van der Waals surface area contributed by atoms with E-state index in [9.17, 15) is 4.79 Å². The highest BCUT2D eigenvalue weighted by molar-refractivity contribution is 6.35. The first-order valence-electron chi connectivity index (χ1n) is 6.13. The van der Waals surface area contributed by atoms with Crippen LogP contribution in [0, 0.1) is 0 Å². The maximum Gasteiger partial charge on any atom is 0.317 e. The van der Waals surface area contributed by atoms with Crippen molar-refractivity contribution in [1.29, 1.82) is 0 Å². The van der Waals surface area contributed by atoms with Crippen LogP contribution >= 0.6 is 23.2 Å². The minimum atomic E-state index is -0.336. The van der Waals surface area contributed by atoms with Gasteiger partial charge in [-0.25, -0.2) is 4.79 Å². The van der Waals surface area contributed by atoms with E-state index in [2.05, 4.69) is 15.6 Å². The molecule has 1 aromatic carbocycles. The smallest absolute Gasteiger partial charge is 0.317 e. The maximum absolute atomic E-state index is 11.6. The monoisotopic (exact) mass is 325 g/mol. The van der Waals surface area contributed by atoms with Gasteiger partial charge in [0.25, 0.3) is 0 Å². The van der Waals surface area contributed by atoms with Crippen molar-refractivity contribution in [3.05, 3.63) is 58.3 Å². The van der Waals surface area contributed by atoms with Crippen molar-refractivity contribution >= 4 is 29.2 Å². The van der Waals surface area contributed by atoms with Gasteiger partial charge in [-0.2, -0.15) is 0 Å². The van der Waals surface area contributed by atoms with Gasteiger partial charge in [0.05, 0.1) is 5.02 Å². The van der Waals surface area contributed by atoms with Crippen LogP contribution in [0.2, 0.25) is 10.0 Å². The van der Waals surface area contributed by atoms with E-state index < -0.39 is 0 Å². The van der Waals surface area contributed by atoms with Crippen molar-refractivity contribution in [1.82, 2.24) is 15.6 Å². The van der Waals surface area contributed by atoms with Crippen LogP contribution < -0.4 is 15.4 Å². The Balaban J connectivity index is 1.72. The van der Waals surface area contributed by atoms with Crippen LogP contribution in [-0.4, -0.2) is 17.7 Å². The van der Waals surface area contributed by atoms with Crippen LogP contribution in [0.4, 0.5) is 4.79 Å². The third-order valence-corrected chi connectivity index (χ3v) is 3.09. The van der Waals surface area contributed by atoms with E-state index in [0.29, 0.717) is 22.3 Å². The van der Waals surface area contributed by atoms with Gasteiger partial charge in [-0.3, -0.25) is 4.98 Å². The summed E-state index contributed by atoms with van der Waals surface area (Å²) in [6.07, 6.45) is 3.33. The molecule has 0 fully saturated rings. The number of aromatic nitrogens is 1. The number of ether oxygens (including phenoxy) is 1. The quantitative estimate of drug-likeness (QED) is 0.829. The number of amides is 2. The summed E-state index contributed by atoms with van der Waals surface area (Å²) in [6, 6.07) is 8.18. The molecular formula is C14H13Cl2N3O2. The SMILES string of the molecule is O=C(NCOc1ccc(Cl)cc1Cl)NCc1ccncc1. The molecule has 0 spiro atoms. The summed E-state index contributed by atoms with van der Waals surface area (Å²) >= 11 is 11.7. The second kappa shape index (κ2) is 7.71. The molecule has 110 valence electrons. The topological polar surface area (TPSA) is 63.2 Å². The van der Waals surface area contributed by atoms with Gasteiger partial charge < -0.3 is 15.4 Å². The first kappa shape index (κ1) is 15.4. The Hall–Kier alpha value is -1.98. The molecule has 7 heteroatoms. The Morgan fingerprint density at radius 2 is 1.90 bits per heavy atom. The van der Waals surface area contributed by atoms with Gasteiger partial charge in [-0.1, -0.05) is 23.2 Å². The lowest BCUT2D eigenvalue weighted by Gasteiger charge is -2.10. The molecule has 0 saturated carbocycles. The van der Waals surface area contributed by atoms with Gasteiger partial charge in [-0.15, -0.1) is 0 Å². The summed E-state index contributed by atoms with van der Waals surface area (Å²) in [6.45, 7) is 0.416. The molecule has 0 bridgehead atoms. The molecule has 2 aromatic rings. The molecule has 0 saturated heterocycles. The highest BCUT2D eigenvalue weighted by Gasteiger charge is 2.04. The average molecular weight is 326 g/mol. The van der Waals surface area contributed by atoms with Crippen LogP contribution in [0.25, 0.3) is 0 Å². The molecule has 0 aliphatic carbocycles. The Bertz CT molecular complexity index is 608. The van der Waals surface area contributed by atoms with E-state index in [-0.39, 0.29) is 12.8 Å². The minimum absolute atomic E-state index is 0.00350. The number of nitrogens with one attached hydrogen (secondary N) is 2. The van der Waals surface area contributed by atoms with Gasteiger partial charge in [0.2, 0.25) is 0 Å². The van der Waals surface area contributed by atoms with E-state index in [1.165, 1.54) is 0 Å². The van der Waals surface area contributed by atoms with Gasteiger partial charge >= 0.3 is 6.03 Å². The van der Waals surface area contributed by atoms with Crippen molar-refractivity contribution in [3.8, 4) is 5.75 Å². The lowest BCUT2D eigenvalue weighted by Crippen LogP contribution is -2.37. The summed E-state index contributed by atoms with van der Waals surface area (Å²) in [5.41, 5.74) is 0.960. The minimum Gasteiger partial charge on any atom is -0.472 e. The van der Waals surface area contributed by atoms with Crippen LogP contribution in [0.5, 0.6) is 5.75 Å². The largest absolute Gasteiger partial charge is 0.472 e. The molecule has 1 heterocycles. The Labute approximate surface area is 132 Å². The number of hydrogen-bond acceptors (Lipinski definition) is 3. The summed E-state index contributed by atoms with van der Waals surface area (Å²) in [4.78, 5) is 15.5. The number of carbonyl (C=O) groups is 1. The van der Waals surface area contributed by atoms with Crippen molar-refractivity contribution in [2.75, 3.05) is 6.73 Å². The van der Waals surface area contributed by atoms with Crippen molar-refractivity contribution in [2.45, 2.75) is 6.54 Å². The first-order chi connectivity index (χ1) is 10.1. The first-order valence-corrected chi connectivity index (χ1v) is 6.89. The average Bonchev–Trinajstić information content (AvgIpc) is 2.48. The zero-order valence-electron chi connectivity index (χ0n) is 11.0. The Morgan fingerprint density at radius 1 is 1.14 bits per heavy atom. The van der Waals surface area contributed by atoms with Crippen LogP contribution in [-0.2, 0) is 6.54 Å². The van der Waals surface area contributed by atoms with E-state index in [0.717, 1.165) is 5.56 Å². The summed E-state index contributed by atoms with van der Waals surface area (Å²) in [7, 11) is 0. The second-order valence-electron chi connectivity index (χ2n) is 4.08. The third kappa shape index (κ3) is 5.13. The second-order valence-corrected chi connectivity index (χ2v) is 4.92. The lowest BCUT2D eigenvalue weighted by atomic mass is 10.3. The van der Waals surface area contributed by atoms with Crippen molar-refractivity contribution in [2.24, 2.45) is 0 Å². The lowest BCUT2D eigenvalue weighted by molar-refractivity contribution is 0.223. The van der Waals surface area contributed by atoms with Crippen LogP contribution in [0.15, 0.2) is 42.7 Å². The van der Waals surface area contributed by atoms with E-state index in [4.69, 9.17) is 27.9 Å². The normalized spacial score (nSPS) is 10.0. The summed E-state index contributed by atoms with van der Waals surface area (Å²) in [5.74, 6) is 0.454. The van der Waals surface area contributed by atoms with E-state index >= 15 is 0 Å². The predicted octanol–water partition coefficient (Wildman–Crippen LogP) is 3.22. The zero-order chi connectivity index (χ0) is 15.1. The number of carbonyl (C=O) groups excluding carboxylic acids is 1. The molecular weight excluding hydrogens is 313 g/mol. The number of rotatable bonds is 5. The highest BCUT2D eigenvalue weighted by Crippen LogP contribution is 2.27. The van der Waals surface area contributed by atoms with Crippen LogP contribution in [0.1, 0.15) is 5.56 Å². The van der Waals surface area contributed by atoms with Gasteiger partial charge in [0, 0.05) is 24.0 Å². The Morgan fingerprint density at radius 3 is 2.62 bits per heavy atom. The molecule has 2 N–H and O–H groups in total. The Kier molecular flexibility index (Phi) is 5.66. The number of benzene rings is 1. The molecule has 0 aliphatic heterocycles. The van der Waals surface area contributed by atoms with Gasteiger partial charge in [0.1, 0.15) is 5.75 Å². The molecule has 2 rings (SSSR count). The number of nitrogens with zero attached hydrogens (tertiary/aromatic N) is 1. The van der Waals surface area contributed by atoms with Crippen LogP contribution in [0.3, 0.4) is 0 Å². The number of urea groups is 1. The van der Waals surface area contributed by atoms with Gasteiger partial charge in [-0.05, 0) is 35.9 Å². The fourth-order valence-corrected chi connectivity index (χ4v) is 1.98. The molecule has 0 aliphatic rings. The molecule has 1 aromatic heterocycles. The molecule has 0 atom stereocenters. The van der Waals surface area contributed by atoms with Crippen molar-refractivity contribution < 1.29 is 9.53 Å². The van der Waals surface area contributed by atoms with Gasteiger partial charge in [0.15, 0.2) is 6.73 Å². The molecule has 2 amide bonds. The molecule has 0 radical (unpaired) electrons. The van der Waals surface area contributed by atoms with Crippen molar-refractivity contribution in [3.63, 3.8) is 0 Å². The summed E-state index contributed by atoms with van der Waals surface area (Å²) in [5, 5.41) is 6.17.